The van der Waals surface area contributed by atoms with Gasteiger partial charge >= 0.3 is 0 Å². The van der Waals surface area contributed by atoms with Crippen LogP contribution in [0.25, 0.3) is 0 Å². The summed E-state index contributed by atoms with van der Waals surface area (Å²) in [5.41, 5.74) is 1.13. The topological polar surface area (TPSA) is 21.7 Å². The van der Waals surface area contributed by atoms with Crippen molar-refractivity contribution in [2.45, 2.75) is 51.2 Å². The van der Waals surface area contributed by atoms with Crippen LogP contribution in [-0.2, 0) is 15.3 Å². The zero-order valence-electron chi connectivity index (χ0n) is 14.6. The van der Waals surface area contributed by atoms with E-state index in [1.165, 1.54) is 32.1 Å². The Morgan fingerprint density at radius 2 is 1.78 bits per heavy atom. The van der Waals surface area contributed by atoms with Gasteiger partial charge in [0.1, 0.15) is 0 Å². The van der Waals surface area contributed by atoms with E-state index in [2.05, 4.69) is 43.1 Å². The Kier molecular flexibility index (Phi) is 9.80. The minimum atomic E-state index is -0.586. The molecule has 4 heteroatoms. The second-order valence-electron chi connectivity index (χ2n) is 6.32. The lowest BCUT2D eigenvalue weighted by Crippen LogP contribution is -2.50. The lowest BCUT2D eigenvalue weighted by molar-refractivity contribution is -0.274. The molecule has 1 unspecified atom stereocenters. The van der Waals surface area contributed by atoms with Gasteiger partial charge in [-0.1, -0.05) is 69.4 Å². The van der Waals surface area contributed by atoms with E-state index in [0.717, 1.165) is 38.3 Å². The van der Waals surface area contributed by atoms with Gasteiger partial charge in [0.25, 0.3) is 0 Å². The number of ether oxygens (including phenoxy) is 2. The van der Waals surface area contributed by atoms with Crippen LogP contribution >= 0.6 is 12.4 Å². The van der Waals surface area contributed by atoms with Crippen molar-refractivity contribution in [1.29, 1.82) is 0 Å². The number of rotatable bonds is 9. The van der Waals surface area contributed by atoms with Crippen molar-refractivity contribution in [2.24, 2.45) is 0 Å². The van der Waals surface area contributed by atoms with Gasteiger partial charge in [0, 0.05) is 12.1 Å². The summed E-state index contributed by atoms with van der Waals surface area (Å²) in [6.07, 6.45) is 7.68. The Balaban J connectivity index is 0.00000264. The van der Waals surface area contributed by atoms with Gasteiger partial charge in [-0.3, -0.25) is 4.90 Å². The zero-order valence-corrected chi connectivity index (χ0v) is 15.4. The van der Waals surface area contributed by atoms with E-state index >= 15 is 0 Å². The highest BCUT2D eigenvalue weighted by Gasteiger charge is 2.38. The number of nitrogens with zero attached hydrogens (tertiary/aromatic N) is 1. The fourth-order valence-corrected chi connectivity index (χ4v) is 3.00. The van der Waals surface area contributed by atoms with Crippen LogP contribution in [0.3, 0.4) is 0 Å². The number of morpholine rings is 1. The molecule has 0 aliphatic carbocycles. The molecule has 23 heavy (non-hydrogen) atoms. The Hall–Kier alpha value is -0.610. The molecule has 0 radical (unpaired) electrons. The number of halogens is 1. The van der Waals surface area contributed by atoms with E-state index in [0.29, 0.717) is 0 Å². The molecule has 1 aromatic carbocycles. The Labute approximate surface area is 147 Å². The first-order valence-corrected chi connectivity index (χ1v) is 8.79. The van der Waals surface area contributed by atoms with E-state index in [-0.39, 0.29) is 12.4 Å². The molecule has 0 saturated carbocycles. The molecule has 3 nitrogen and oxygen atoms in total. The van der Waals surface area contributed by atoms with E-state index in [9.17, 15) is 0 Å². The van der Waals surface area contributed by atoms with Crippen LogP contribution in [0.2, 0.25) is 0 Å². The summed E-state index contributed by atoms with van der Waals surface area (Å²) in [5, 5.41) is 0. The van der Waals surface area contributed by atoms with Crippen molar-refractivity contribution in [2.75, 3.05) is 33.4 Å². The van der Waals surface area contributed by atoms with Gasteiger partial charge in [-0.2, -0.15) is 0 Å². The molecule has 1 saturated heterocycles. The Morgan fingerprint density at radius 1 is 1.09 bits per heavy atom. The Morgan fingerprint density at radius 3 is 2.48 bits per heavy atom. The minimum Gasteiger partial charge on any atom is -0.345 e. The molecule has 1 aliphatic heterocycles. The van der Waals surface area contributed by atoms with Gasteiger partial charge in [-0.25, -0.2) is 0 Å². The number of benzene rings is 1. The number of likely N-dealkylation sites (N-methyl/N-ethyl adjacent to an activating group) is 1. The van der Waals surface area contributed by atoms with E-state index < -0.39 is 5.79 Å². The smallest absolute Gasteiger partial charge is 0.208 e. The molecule has 0 spiro atoms. The predicted molar refractivity (Wildman–Crippen MR) is 98.1 cm³/mol. The number of hydrogen-bond acceptors (Lipinski definition) is 3. The molecular formula is C19H32ClNO2. The average molecular weight is 342 g/mol. The summed E-state index contributed by atoms with van der Waals surface area (Å²) in [6.45, 7) is 5.52. The summed E-state index contributed by atoms with van der Waals surface area (Å²) in [6, 6.07) is 10.4. The van der Waals surface area contributed by atoms with Crippen molar-refractivity contribution >= 4 is 12.4 Å². The van der Waals surface area contributed by atoms with E-state index in [4.69, 9.17) is 9.47 Å². The largest absolute Gasteiger partial charge is 0.345 e. The highest BCUT2D eigenvalue weighted by molar-refractivity contribution is 5.85. The first-order valence-electron chi connectivity index (χ1n) is 8.79. The first-order chi connectivity index (χ1) is 10.8. The second-order valence-corrected chi connectivity index (χ2v) is 6.32. The van der Waals surface area contributed by atoms with Crippen molar-refractivity contribution < 1.29 is 9.47 Å². The van der Waals surface area contributed by atoms with E-state index in [1.54, 1.807) is 0 Å². The Bertz CT molecular complexity index is 415. The summed E-state index contributed by atoms with van der Waals surface area (Å²) < 4.78 is 12.4. The number of hydrogen-bond donors (Lipinski definition) is 0. The maximum atomic E-state index is 6.27. The monoisotopic (exact) mass is 341 g/mol. The van der Waals surface area contributed by atoms with Gasteiger partial charge in [-0.05, 0) is 13.5 Å². The van der Waals surface area contributed by atoms with Gasteiger partial charge in [0.05, 0.1) is 19.8 Å². The van der Waals surface area contributed by atoms with Gasteiger partial charge < -0.3 is 9.47 Å². The van der Waals surface area contributed by atoms with E-state index in [1.807, 2.05) is 6.07 Å². The summed E-state index contributed by atoms with van der Waals surface area (Å²) in [4.78, 5) is 2.29. The van der Waals surface area contributed by atoms with Crippen molar-refractivity contribution in [3.05, 3.63) is 35.9 Å². The molecule has 0 amide bonds. The molecule has 0 aromatic heterocycles. The summed E-state index contributed by atoms with van der Waals surface area (Å²) in [7, 11) is 2.13. The molecule has 1 aromatic rings. The standard InChI is InChI=1S/C19H31NO2.ClH/c1-3-4-5-6-7-11-15-21-19(17-20(2)14-16-22-19)18-12-9-8-10-13-18;/h8-10,12-13H,3-7,11,14-17H2,1-2H3;1H. The molecular weight excluding hydrogens is 310 g/mol. The normalized spacial score (nSPS) is 21.8. The average Bonchev–Trinajstić information content (AvgIpc) is 2.55. The van der Waals surface area contributed by atoms with Crippen LogP contribution in [0.1, 0.15) is 51.0 Å². The van der Waals surface area contributed by atoms with Crippen LogP contribution in [0.5, 0.6) is 0 Å². The SMILES string of the molecule is CCCCCCCCOC1(c2ccccc2)CN(C)CCO1.Cl. The molecule has 132 valence electrons. The van der Waals surface area contributed by atoms with Crippen LogP contribution in [-0.4, -0.2) is 38.3 Å². The number of unbranched alkanes of at least 4 members (excludes halogenated alkanes) is 5. The predicted octanol–water partition coefficient (Wildman–Crippen LogP) is 4.60. The lowest BCUT2D eigenvalue weighted by atomic mass is 10.0. The van der Waals surface area contributed by atoms with Crippen molar-refractivity contribution in [3.8, 4) is 0 Å². The third-order valence-corrected chi connectivity index (χ3v) is 4.33. The molecule has 0 bridgehead atoms. The first kappa shape index (κ1) is 20.4. The van der Waals surface area contributed by atoms with Crippen molar-refractivity contribution in [3.63, 3.8) is 0 Å². The van der Waals surface area contributed by atoms with Gasteiger partial charge in [-0.15, -0.1) is 12.4 Å². The fraction of sp³-hybridized carbons (Fsp3) is 0.684. The maximum Gasteiger partial charge on any atom is 0.208 e. The van der Waals surface area contributed by atoms with Crippen LogP contribution in [0.15, 0.2) is 30.3 Å². The zero-order chi connectivity index (χ0) is 15.7. The highest BCUT2D eigenvalue weighted by atomic mass is 35.5. The van der Waals surface area contributed by atoms with Gasteiger partial charge in [0.2, 0.25) is 5.79 Å². The summed E-state index contributed by atoms with van der Waals surface area (Å²) >= 11 is 0. The minimum absolute atomic E-state index is 0. The van der Waals surface area contributed by atoms with Crippen LogP contribution in [0, 0.1) is 0 Å². The third kappa shape index (κ3) is 6.42. The molecule has 1 aliphatic rings. The van der Waals surface area contributed by atoms with Crippen LogP contribution in [0.4, 0.5) is 0 Å². The lowest BCUT2D eigenvalue weighted by Gasteiger charge is -2.41. The molecule has 2 rings (SSSR count). The van der Waals surface area contributed by atoms with Crippen LogP contribution < -0.4 is 0 Å². The molecule has 0 N–H and O–H groups in total. The van der Waals surface area contributed by atoms with Gasteiger partial charge in [0.15, 0.2) is 0 Å². The summed E-state index contributed by atoms with van der Waals surface area (Å²) in [5.74, 6) is -0.586. The highest BCUT2D eigenvalue weighted by Crippen LogP contribution is 2.31. The van der Waals surface area contributed by atoms with Crippen molar-refractivity contribution in [1.82, 2.24) is 4.90 Å². The second kappa shape index (κ2) is 11.0. The molecule has 1 atom stereocenters. The third-order valence-electron chi connectivity index (χ3n) is 4.33. The molecule has 1 heterocycles. The maximum absolute atomic E-state index is 6.27. The molecule has 1 fully saturated rings. The fourth-order valence-electron chi connectivity index (χ4n) is 3.00. The quantitative estimate of drug-likeness (QED) is 0.613.